The van der Waals surface area contributed by atoms with Gasteiger partial charge < -0.3 is 10.2 Å². The molecule has 1 aromatic heterocycles. The molecule has 3 aromatic rings. The van der Waals surface area contributed by atoms with E-state index in [0.29, 0.717) is 0 Å². The van der Waals surface area contributed by atoms with Gasteiger partial charge in [-0.15, -0.1) is 0 Å². The van der Waals surface area contributed by atoms with Crippen molar-refractivity contribution >= 4 is 22.6 Å². The largest absolute Gasteiger partial charge is 0.356 e. The quantitative estimate of drug-likeness (QED) is 0.705. The zero-order chi connectivity index (χ0) is 19.7. The zero-order valence-corrected chi connectivity index (χ0v) is 15.9. The molecule has 2 heterocycles. The molecule has 5 nitrogen and oxygen atoms in total. The molecule has 0 bridgehead atoms. The molecule has 0 atom stereocenters. The molecule has 0 aliphatic carbocycles. The maximum Gasteiger partial charge on any atom is 0.243 e. The fourth-order valence-corrected chi connectivity index (χ4v) is 3.91. The smallest absolute Gasteiger partial charge is 0.243 e. The third kappa shape index (κ3) is 3.50. The first-order chi connectivity index (χ1) is 13.5. The molecule has 1 fully saturated rings. The summed E-state index contributed by atoms with van der Waals surface area (Å²) >= 11 is 0. The first-order valence-corrected chi connectivity index (χ1v) is 9.46. The minimum absolute atomic E-state index is 0.116. The van der Waals surface area contributed by atoms with Gasteiger partial charge in [-0.3, -0.25) is 9.48 Å². The average molecular weight is 378 g/mol. The molecule has 6 heteroatoms. The summed E-state index contributed by atoms with van der Waals surface area (Å²) in [5.74, 6) is 0.717. The van der Waals surface area contributed by atoms with Crippen LogP contribution in [0.25, 0.3) is 22.0 Å². The van der Waals surface area contributed by atoms with E-state index in [1.807, 2.05) is 29.9 Å². The number of anilines is 1. The molecule has 144 valence electrons. The van der Waals surface area contributed by atoms with Gasteiger partial charge in [-0.1, -0.05) is 24.8 Å². The summed E-state index contributed by atoms with van der Waals surface area (Å²) in [5, 5.41) is 8.74. The Labute approximate surface area is 163 Å². The van der Waals surface area contributed by atoms with Gasteiger partial charge in [0.2, 0.25) is 5.91 Å². The lowest BCUT2D eigenvalue weighted by atomic mass is 10.0. The molecule has 0 spiro atoms. The number of rotatable bonds is 4. The van der Waals surface area contributed by atoms with Crippen LogP contribution in [-0.2, 0) is 11.8 Å². The number of carbonyl (C=O) groups is 1. The Bertz CT molecular complexity index is 1030. The SMILES string of the molecule is C=CC(=O)NC1CCN(c2c3ccc(-c4cccc(F)c4)cc3nn2C)CC1. The van der Waals surface area contributed by atoms with Crippen molar-refractivity contribution in [3.8, 4) is 11.1 Å². The van der Waals surface area contributed by atoms with Gasteiger partial charge in [0.05, 0.1) is 5.52 Å². The number of halogens is 1. The molecule has 0 radical (unpaired) electrons. The van der Waals surface area contributed by atoms with Gasteiger partial charge in [0.15, 0.2) is 0 Å². The van der Waals surface area contributed by atoms with Crippen LogP contribution in [0.1, 0.15) is 12.8 Å². The van der Waals surface area contributed by atoms with Crippen LogP contribution in [-0.4, -0.2) is 34.8 Å². The van der Waals surface area contributed by atoms with Crippen LogP contribution in [0, 0.1) is 5.82 Å². The number of benzene rings is 2. The topological polar surface area (TPSA) is 50.2 Å². The molecule has 1 N–H and O–H groups in total. The highest BCUT2D eigenvalue weighted by Gasteiger charge is 2.24. The predicted molar refractivity (Wildman–Crippen MR) is 110 cm³/mol. The van der Waals surface area contributed by atoms with E-state index in [1.165, 1.54) is 18.2 Å². The molecule has 1 amide bonds. The number of hydrogen-bond donors (Lipinski definition) is 1. The van der Waals surface area contributed by atoms with Crippen LogP contribution < -0.4 is 10.2 Å². The second-order valence-electron chi connectivity index (χ2n) is 7.16. The van der Waals surface area contributed by atoms with Crippen molar-refractivity contribution in [3.05, 3.63) is 60.9 Å². The van der Waals surface area contributed by atoms with Crippen molar-refractivity contribution in [2.24, 2.45) is 7.05 Å². The van der Waals surface area contributed by atoms with Crippen molar-refractivity contribution in [1.82, 2.24) is 15.1 Å². The normalized spacial score (nSPS) is 15.0. The molecule has 4 rings (SSSR count). The standard InChI is InChI=1S/C22H23FN4O/c1-3-21(28)24-18-9-11-27(12-10-18)22-19-8-7-16(14-20(19)25-26(22)2)15-5-4-6-17(23)13-15/h3-8,13-14,18H,1,9-12H2,2H3,(H,24,28). The highest BCUT2D eigenvalue weighted by atomic mass is 19.1. The highest BCUT2D eigenvalue weighted by molar-refractivity contribution is 5.93. The number of aromatic nitrogens is 2. The molecule has 1 saturated heterocycles. The predicted octanol–water partition coefficient (Wildman–Crippen LogP) is 3.65. The number of fused-ring (bicyclic) bond motifs is 1. The van der Waals surface area contributed by atoms with Crippen LogP contribution in [0.4, 0.5) is 10.2 Å². The average Bonchev–Trinajstić information content (AvgIpc) is 3.03. The third-order valence-electron chi connectivity index (χ3n) is 5.29. The van der Waals surface area contributed by atoms with Crippen molar-refractivity contribution < 1.29 is 9.18 Å². The Hall–Kier alpha value is -3.15. The minimum Gasteiger partial charge on any atom is -0.356 e. The lowest BCUT2D eigenvalue weighted by Crippen LogP contribution is -2.44. The lowest BCUT2D eigenvalue weighted by molar-refractivity contribution is -0.117. The van der Waals surface area contributed by atoms with Crippen LogP contribution in [0.3, 0.4) is 0 Å². The van der Waals surface area contributed by atoms with E-state index in [9.17, 15) is 9.18 Å². The summed E-state index contributed by atoms with van der Waals surface area (Å²) in [5.41, 5.74) is 2.68. The van der Waals surface area contributed by atoms with Gasteiger partial charge >= 0.3 is 0 Å². The van der Waals surface area contributed by atoms with Gasteiger partial charge in [0.25, 0.3) is 0 Å². The highest BCUT2D eigenvalue weighted by Crippen LogP contribution is 2.32. The fraction of sp³-hybridized carbons (Fsp3) is 0.273. The lowest BCUT2D eigenvalue weighted by Gasteiger charge is -2.33. The molecule has 28 heavy (non-hydrogen) atoms. The number of hydrogen-bond acceptors (Lipinski definition) is 3. The molecular weight excluding hydrogens is 355 g/mol. The van der Waals surface area contributed by atoms with Crippen LogP contribution in [0.2, 0.25) is 0 Å². The van der Waals surface area contributed by atoms with E-state index in [0.717, 1.165) is 53.8 Å². The third-order valence-corrected chi connectivity index (χ3v) is 5.29. The summed E-state index contributed by atoms with van der Waals surface area (Å²) in [6.45, 7) is 5.21. The summed E-state index contributed by atoms with van der Waals surface area (Å²) < 4.78 is 15.5. The Morgan fingerprint density at radius 2 is 1.96 bits per heavy atom. The second-order valence-corrected chi connectivity index (χ2v) is 7.16. The van der Waals surface area contributed by atoms with Gasteiger partial charge in [-0.2, -0.15) is 5.10 Å². The van der Waals surface area contributed by atoms with Crippen molar-refractivity contribution in [1.29, 1.82) is 0 Å². The number of aryl methyl sites for hydroxylation is 1. The van der Waals surface area contributed by atoms with Crippen molar-refractivity contribution in [3.63, 3.8) is 0 Å². The van der Waals surface area contributed by atoms with E-state index >= 15 is 0 Å². The van der Waals surface area contributed by atoms with E-state index in [4.69, 9.17) is 0 Å². The van der Waals surface area contributed by atoms with E-state index in [2.05, 4.69) is 28.0 Å². The molecule has 0 unspecified atom stereocenters. The van der Waals surface area contributed by atoms with E-state index in [-0.39, 0.29) is 17.8 Å². The van der Waals surface area contributed by atoms with Crippen molar-refractivity contribution in [2.45, 2.75) is 18.9 Å². The van der Waals surface area contributed by atoms with Crippen LogP contribution in [0.15, 0.2) is 55.1 Å². The molecule has 2 aromatic carbocycles. The van der Waals surface area contributed by atoms with Gasteiger partial charge in [-0.05, 0) is 54.3 Å². The minimum atomic E-state index is -0.245. The number of nitrogens with one attached hydrogen (secondary N) is 1. The zero-order valence-electron chi connectivity index (χ0n) is 15.9. The van der Waals surface area contributed by atoms with Crippen LogP contribution >= 0.6 is 0 Å². The molecule has 0 saturated carbocycles. The Morgan fingerprint density at radius 1 is 1.21 bits per heavy atom. The number of amides is 1. The fourth-order valence-electron chi connectivity index (χ4n) is 3.91. The first-order valence-electron chi connectivity index (χ1n) is 9.46. The summed E-state index contributed by atoms with van der Waals surface area (Å²) in [7, 11) is 1.95. The van der Waals surface area contributed by atoms with Gasteiger partial charge in [0, 0.05) is 31.6 Å². The summed E-state index contributed by atoms with van der Waals surface area (Å²) in [6, 6.07) is 12.9. The second kappa shape index (κ2) is 7.46. The summed E-state index contributed by atoms with van der Waals surface area (Å²) in [4.78, 5) is 13.8. The van der Waals surface area contributed by atoms with Gasteiger partial charge in [-0.25, -0.2) is 4.39 Å². The molecular formula is C22H23FN4O. The molecule has 1 aliphatic heterocycles. The number of nitrogens with zero attached hydrogens (tertiary/aromatic N) is 3. The van der Waals surface area contributed by atoms with Gasteiger partial charge in [0.1, 0.15) is 11.6 Å². The summed E-state index contributed by atoms with van der Waals surface area (Å²) in [6.07, 6.45) is 3.08. The monoisotopic (exact) mass is 378 g/mol. The maximum absolute atomic E-state index is 13.6. The number of carbonyl (C=O) groups excluding carboxylic acids is 1. The Kier molecular flexibility index (Phi) is 4.86. The Balaban J connectivity index is 1.58. The van der Waals surface area contributed by atoms with Crippen LogP contribution in [0.5, 0.6) is 0 Å². The van der Waals surface area contributed by atoms with E-state index < -0.39 is 0 Å². The maximum atomic E-state index is 13.6. The van der Waals surface area contributed by atoms with Crippen molar-refractivity contribution in [2.75, 3.05) is 18.0 Å². The molecule has 1 aliphatic rings. The number of piperidine rings is 1. The Morgan fingerprint density at radius 3 is 2.68 bits per heavy atom. The first kappa shape index (κ1) is 18.2. The van der Waals surface area contributed by atoms with E-state index in [1.54, 1.807) is 6.07 Å².